The highest BCUT2D eigenvalue weighted by Crippen LogP contribution is 2.27. The fraction of sp³-hybridized carbons (Fsp3) is 0.214. The molecule has 6 nitrogen and oxygen atoms in total. The topological polar surface area (TPSA) is 83.7 Å². The standard InChI is InChI=1S/C14H13N3O3S2/c1-8-7-10(16-12(18)9-3-2-5-20-9)22-11(8)13(19)17-14-15-4-6-21-14/h2-3,5,7H,4,6H2,1H3,(H,16,18)(H,15,17,19). The molecule has 3 heterocycles. The zero-order valence-electron chi connectivity index (χ0n) is 11.7. The first-order chi connectivity index (χ1) is 10.6. The number of furan rings is 1. The lowest BCUT2D eigenvalue weighted by atomic mass is 10.3. The van der Waals surface area contributed by atoms with Gasteiger partial charge < -0.3 is 15.1 Å². The number of rotatable bonds is 3. The van der Waals surface area contributed by atoms with Crippen molar-refractivity contribution in [3.8, 4) is 0 Å². The van der Waals surface area contributed by atoms with Crippen molar-refractivity contribution in [1.29, 1.82) is 0 Å². The van der Waals surface area contributed by atoms with Crippen molar-refractivity contribution in [3.05, 3.63) is 40.7 Å². The summed E-state index contributed by atoms with van der Waals surface area (Å²) in [5, 5.41) is 6.76. The van der Waals surface area contributed by atoms with E-state index in [1.807, 2.05) is 6.92 Å². The number of aliphatic imine (C=N–C) groups is 1. The number of thioether (sulfide) groups is 1. The third kappa shape index (κ3) is 3.23. The van der Waals surface area contributed by atoms with Gasteiger partial charge in [-0.15, -0.1) is 11.3 Å². The SMILES string of the molecule is Cc1cc(NC(=O)c2ccco2)sc1C(=O)NC1=NCCS1. The summed E-state index contributed by atoms with van der Waals surface area (Å²) in [6.07, 6.45) is 1.44. The van der Waals surface area contributed by atoms with Crippen LogP contribution in [-0.4, -0.2) is 29.3 Å². The lowest BCUT2D eigenvalue weighted by molar-refractivity contribution is 0.0978. The minimum atomic E-state index is -0.339. The van der Waals surface area contributed by atoms with E-state index in [1.54, 1.807) is 18.2 Å². The molecule has 0 aromatic carbocycles. The maximum atomic E-state index is 12.2. The van der Waals surface area contributed by atoms with Crippen molar-refractivity contribution in [3.63, 3.8) is 0 Å². The number of thiophene rings is 1. The van der Waals surface area contributed by atoms with Crippen LogP contribution in [0.25, 0.3) is 0 Å². The molecule has 2 N–H and O–H groups in total. The number of hydrogen-bond acceptors (Lipinski definition) is 6. The second kappa shape index (κ2) is 6.37. The molecule has 1 aliphatic rings. The molecule has 0 fully saturated rings. The van der Waals surface area contributed by atoms with E-state index in [-0.39, 0.29) is 17.6 Å². The average Bonchev–Trinajstić information content (AvgIpc) is 3.19. The highest BCUT2D eigenvalue weighted by Gasteiger charge is 2.18. The van der Waals surface area contributed by atoms with Gasteiger partial charge in [0, 0.05) is 5.75 Å². The molecule has 114 valence electrons. The number of aryl methyl sites for hydroxylation is 1. The molecule has 0 atom stereocenters. The average molecular weight is 335 g/mol. The molecule has 0 bridgehead atoms. The van der Waals surface area contributed by atoms with Gasteiger partial charge in [0.05, 0.1) is 22.7 Å². The number of amidine groups is 1. The third-order valence-electron chi connectivity index (χ3n) is 2.91. The van der Waals surface area contributed by atoms with Gasteiger partial charge in [-0.25, -0.2) is 0 Å². The Morgan fingerprint density at radius 3 is 2.86 bits per heavy atom. The number of anilines is 1. The first-order valence-electron chi connectivity index (χ1n) is 6.57. The summed E-state index contributed by atoms with van der Waals surface area (Å²) in [4.78, 5) is 28.9. The Bertz CT molecular complexity index is 735. The maximum absolute atomic E-state index is 12.2. The Kier molecular flexibility index (Phi) is 4.30. The third-order valence-corrected chi connectivity index (χ3v) is 4.95. The summed E-state index contributed by atoms with van der Waals surface area (Å²) >= 11 is 2.75. The van der Waals surface area contributed by atoms with Gasteiger partial charge in [0.1, 0.15) is 0 Å². The van der Waals surface area contributed by atoms with E-state index < -0.39 is 0 Å². The molecule has 0 radical (unpaired) electrons. The van der Waals surface area contributed by atoms with Crippen LogP contribution in [0.4, 0.5) is 5.00 Å². The van der Waals surface area contributed by atoms with Crippen LogP contribution < -0.4 is 10.6 Å². The van der Waals surface area contributed by atoms with Crippen molar-refractivity contribution >= 4 is 45.1 Å². The van der Waals surface area contributed by atoms with Crippen molar-refractivity contribution in [2.75, 3.05) is 17.6 Å². The summed E-state index contributed by atoms with van der Waals surface area (Å²) < 4.78 is 5.04. The number of hydrogen-bond donors (Lipinski definition) is 2. The summed E-state index contributed by atoms with van der Waals surface area (Å²) in [6, 6.07) is 5.00. The lowest BCUT2D eigenvalue weighted by Crippen LogP contribution is -2.27. The zero-order valence-corrected chi connectivity index (χ0v) is 13.3. The van der Waals surface area contributed by atoms with E-state index in [2.05, 4.69) is 15.6 Å². The molecular weight excluding hydrogens is 322 g/mol. The molecule has 8 heteroatoms. The van der Waals surface area contributed by atoms with Gasteiger partial charge in [0.2, 0.25) is 0 Å². The molecule has 2 aromatic heterocycles. The number of nitrogens with one attached hydrogen (secondary N) is 2. The summed E-state index contributed by atoms with van der Waals surface area (Å²) in [7, 11) is 0. The minimum Gasteiger partial charge on any atom is -0.459 e. The van der Waals surface area contributed by atoms with Gasteiger partial charge in [0.15, 0.2) is 10.9 Å². The summed E-state index contributed by atoms with van der Waals surface area (Å²) in [5.41, 5.74) is 0.806. The molecule has 22 heavy (non-hydrogen) atoms. The molecular formula is C14H13N3O3S2. The minimum absolute atomic E-state index is 0.200. The first-order valence-corrected chi connectivity index (χ1v) is 8.37. The largest absolute Gasteiger partial charge is 0.459 e. The van der Waals surface area contributed by atoms with Crippen molar-refractivity contribution in [1.82, 2.24) is 5.32 Å². The van der Waals surface area contributed by atoms with E-state index >= 15 is 0 Å². The van der Waals surface area contributed by atoms with E-state index in [0.717, 1.165) is 17.9 Å². The highest BCUT2D eigenvalue weighted by molar-refractivity contribution is 8.14. The molecule has 0 saturated heterocycles. The van der Waals surface area contributed by atoms with Gasteiger partial charge in [-0.3, -0.25) is 14.6 Å². The van der Waals surface area contributed by atoms with E-state index in [4.69, 9.17) is 4.42 Å². The van der Waals surface area contributed by atoms with Crippen LogP contribution in [0, 0.1) is 6.92 Å². The van der Waals surface area contributed by atoms with Crippen molar-refractivity contribution in [2.45, 2.75) is 6.92 Å². The Labute approximate surface area is 135 Å². The van der Waals surface area contributed by atoms with Crippen LogP contribution in [-0.2, 0) is 0 Å². The van der Waals surface area contributed by atoms with Gasteiger partial charge in [-0.05, 0) is 30.7 Å². The smallest absolute Gasteiger partial charge is 0.291 e. The predicted molar refractivity (Wildman–Crippen MR) is 87.9 cm³/mol. The number of amides is 2. The van der Waals surface area contributed by atoms with E-state index in [1.165, 1.54) is 29.4 Å². The number of carbonyl (C=O) groups is 2. The predicted octanol–water partition coefficient (Wildman–Crippen LogP) is 2.73. The van der Waals surface area contributed by atoms with Gasteiger partial charge in [0.25, 0.3) is 11.8 Å². The Hall–Kier alpha value is -2.06. The summed E-state index contributed by atoms with van der Waals surface area (Å²) in [5.74, 6) is 0.584. The molecule has 3 rings (SSSR count). The number of nitrogens with zero attached hydrogens (tertiary/aromatic N) is 1. The van der Waals surface area contributed by atoms with Crippen molar-refractivity contribution < 1.29 is 14.0 Å². The Balaban J connectivity index is 1.70. The zero-order chi connectivity index (χ0) is 15.5. The van der Waals surface area contributed by atoms with Crippen molar-refractivity contribution in [2.24, 2.45) is 4.99 Å². The quantitative estimate of drug-likeness (QED) is 0.903. The first kappa shape index (κ1) is 14.9. The van der Waals surface area contributed by atoms with E-state index in [0.29, 0.717) is 15.0 Å². The highest BCUT2D eigenvalue weighted by atomic mass is 32.2. The van der Waals surface area contributed by atoms with Crippen LogP contribution >= 0.6 is 23.1 Å². The maximum Gasteiger partial charge on any atom is 0.291 e. The number of carbonyl (C=O) groups excluding carboxylic acids is 2. The summed E-state index contributed by atoms with van der Waals surface area (Å²) in [6.45, 7) is 2.56. The van der Waals surface area contributed by atoms with Crippen LogP contribution in [0.5, 0.6) is 0 Å². The Morgan fingerprint density at radius 2 is 2.18 bits per heavy atom. The molecule has 0 aliphatic carbocycles. The molecule has 2 amide bonds. The second-order valence-corrected chi connectivity index (χ2v) is 6.68. The van der Waals surface area contributed by atoms with Gasteiger partial charge >= 0.3 is 0 Å². The molecule has 0 saturated carbocycles. The fourth-order valence-corrected chi connectivity index (χ4v) is 3.60. The van der Waals surface area contributed by atoms with Gasteiger partial charge in [-0.1, -0.05) is 11.8 Å². The normalized spacial score (nSPS) is 13.8. The Morgan fingerprint density at radius 1 is 1.32 bits per heavy atom. The molecule has 2 aromatic rings. The second-order valence-electron chi connectivity index (χ2n) is 4.54. The lowest BCUT2D eigenvalue weighted by Gasteiger charge is -2.02. The van der Waals surface area contributed by atoms with Crippen LogP contribution in [0.2, 0.25) is 0 Å². The molecule has 0 unspecified atom stereocenters. The van der Waals surface area contributed by atoms with Gasteiger partial charge in [-0.2, -0.15) is 0 Å². The molecule has 1 aliphatic heterocycles. The van der Waals surface area contributed by atoms with Crippen LogP contribution in [0.1, 0.15) is 25.8 Å². The van der Waals surface area contributed by atoms with Crippen LogP contribution in [0.3, 0.4) is 0 Å². The molecule has 0 spiro atoms. The monoisotopic (exact) mass is 335 g/mol. The van der Waals surface area contributed by atoms with E-state index in [9.17, 15) is 9.59 Å². The van der Waals surface area contributed by atoms with Crippen LogP contribution in [0.15, 0.2) is 33.9 Å². The fourth-order valence-electron chi connectivity index (χ4n) is 1.92.